The topological polar surface area (TPSA) is 77.0 Å². The lowest BCUT2D eigenvalue weighted by atomic mass is 10.1. The molecule has 0 bridgehead atoms. The third-order valence-corrected chi connectivity index (χ3v) is 4.36. The molecule has 7 heteroatoms. The number of hydrogen-bond donors (Lipinski definition) is 1. The van der Waals surface area contributed by atoms with Crippen LogP contribution in [0, 0.1) is 11.9 Å². The maximum atomic E-state index is 13.3. The fourth-order valence-corrected chi connectivity index (χ4v) is 2.75. The van der Waals surface area contributed by atoms with Gasteiger partial charge in [0.25, 0.3) is 0 Å². The number of carbonyl (C=O) groups is 1. The molecule has 29 heavy (non-hydrogen) atoms. The fraction of sp³-hybridized carbons (Fsp3) is 0.273. The van der Waals surface area contributed by atoms with Crippen LogP contribution in [-0.2, 0) is 17.8 Å². The Hall–Kier alpha value is -3.35. The molecule has 0 saturated carbocycles. The van der Waals surface area contributed by atoms with Crippen molar-refractivity contribution < 1.29 is 13.9 Å². The Balaban J connectivity index is 1.70. The number of nitrogens with zero attached hydrogens (tertiary/aromatic N) is 3. The van der Waals surface area contributed by atoms with Gasteiger partial charge in [-0.2, -0.15) is 4.39 Å². The van der Waals surface area contributed by atoms with Crippen LogP contribution < -0.4 is 10.1 Å². The third-order valence-electron chi connectivity index (χ3n) is 4.36. The van der Waals surface area contributed by atoms with Gasteiger partial charge in [-0.15, -0.1) is 0 Å². The highest BCUT2D eigenvalue weighted by molar-refractivity contribution is 5.77. The summed E-state index contributed by atoms with van der Waals surface area (Å²) in [6.07, 6.45) is 2.25. The summed E-state index contributed by atoms with van der Waals surface area (Å²) in [7, 11) is 1.53. The molecule has 150 valence electrons. The molecular formula is C22H23FN4O2. The van der Waals surface area contributed by atoms with Crippen molar-refractivity contribution in [2.75, 3.05) is 7.11 Å². The number of amides is 1. The monoisotopic (exact) mass is 394 g/mol. The van der Waals surface area contributed by atoms with E-state index in [2.05, 4.69) is 20.3 Å². The van der Waals surface area contributed by atoms with Crippen LogP contribution in [0.3, 0.4) is 0 Å². The zero-order valence-corrected chi connectivity index (χ0v) is 16.6. The summed E-state index contributed by atoms with van der Waals surface area (Å²) >= 11 is 0. The first-order chi connectivity index (χ1) is 14.0. The lowest BCUT2D eigenvalue weighted by Gasteiger charge is -2.11. The molecule has 2 heterocycles. The minimum atomic E-state index is -0.501. The van der Waals surface area contributed by atoms with Crippen LogP contribution in [-0.4, -0.2) is 28.0 Å². The predicted octanol–water partition coefficient (Wildman–Crippen LogP) is 3.55. The van der Waals surface area contributed by atoms with Crippen LogP contribution >= 0.6 is 0 Å². The summed E-state index contributed by atoms with van der Waals surface area (Å²) in [5, 5.41) is 2.81. The zero-order chi connectivity index (χ0) is 20.8. The SMILES string of the molecule is COc1nc(Cc2ccc(-c3cccc(F)n3)cc2)cnc1CNC(=O)C(C)C. The van der Waals surface area contributed by atoms with Crippen LogP contribution in [0.1, 0.15) is 30.8 Å². The van der Waals surface area contributed by atoms with Gasteiger partial charge in [0.2, 0.25) is 17.7 Å². The Morgan fingerprint density at radius 1 is 1.14 bits per heavy atom. The molecule has 0 fully saturated rings. The average Bonchev–Trinajstić information content (AvgIpc) is 2.73. The summed E-state index contributed by atoms with van der Waals surface area (Å²) in [5.74, 6) is -0.254. The van der Waals surface area contributed by atoms with Crippen molar-refractivity contribution in [3.05, 3.63) is 71.6 Å². The number of rotatable bonds is 7. The average molecular weight is 394 g/mol. The van der Waals surface area contributed by atoms with Crippen molar-refractivity contribution in [1.29, 1.82) is 0 Å². The first-order valence-corrected chi connectivity index (χ1v) is 9.34. The van der Waals surface area contributed by atoms with Crippen molar-refractivity contribution >= 4 is 5.91 Å². The first kappa shape index (κ1) is 20.4. The normalized spacial score (nSPS) is 10.8. The minimum absolute atomic E-state index is 0.0502. The maximum Gasteiger partial charge on any atom is 0.237 e. The Morgan fingerprint density at radius 3 is 2.55 bits per heavy atom. The van der Waals surface area contributed by atoms with Gasteiger partial charge in [0.1, 0.15) is 5.69 Å². The lowest BCUT2D eigenvalue weighted by molar-refractivity contribution is -0.124. The van der Waals surface area contributed by atoms with Gasteiger partial charge in [0, 0.05) is 24.1 Å². The van der Waals surface area contributed by atoms with Gasteiger partial charge >= 0.3 is 0 Å². The number of pyridine rings is 1. The Bertz CT molecular complexity index is 990. The fourth-order valence-electron chi connectivity index (χ4n) is 2.75. The maximum absolute atomic E-state index is 13.3. The van der Waals surface area contributed by atoms with Crippen molar-refractivity contribution in [2.45, 2.75) is 26.8 Å². The first-order valence-electron chi connectivity index (χ1n) is 9.34. The largest absolute Gasteiger partial charge is 0.480 e. The number of hydrogen-bond acceptors (Lipinski definition) is 5. The predicted molar refractivity (Wildman–Crippen MR) is 108 cm³/mol. The summed E-state index contributed by atoms with van der Waals surface area (Å²) in [6, 6.07) is 12.4. The molecule has 2 aromatic heterocycles. The lowest BCUT2D eigenvalue weighted by Crippen LogP contribution is -2.27. The quantitative estimate of drug-likeness (QED) is 0.620. The molecule has 0 atom stereocenters. The minimum Gasteiger partial charge on any atom is -0.480 e. The van der Waals surface area contributed by atoms with E-state index in [1.807, 2.05) is 38.1 Å². The molecule has 0 aliphatic carbocycles. The molecule has 1 N–H and O–H groups in total. The highest BCUT2D eigenvalue weighted by Crippen LogP contribution is 2.20. The van der Waals surface area contributed by atoms with Gasteiger partial charge in [0.15, 0.2) is 0 Å². The number of methoxy groups -OCH3 is 1. The summed E-state index contributed by atoms with van der Waals surface area (Å²) in [6.45, 7) is 3.93. The molecule has 1 amide bonds. The molecule has 0 aliphatic rings. The highest BCUT2D eigenvalue weighted by Gasteiger charge is 2.12. The van der Waals surface area contributed by atoms with E-state index in [0.29, 0.717) is 23.7 Å². The summed E-state index contributed by atoms with van der Waals surface area (Å²) in [4.78, 5) is 24.5. The summed E-state index contributed by atoms with van der Waals surface area (Å²) in [5.41, 5.74) is 3.79. The van der Waals surface area contributed by atoms with Crippen LogP contribution in [0.25, 0.3) is 11.3 Å². The second-order valence-corrected chi connectivity index (χ2v) is 6.91. The number of halogens is 1. The molecule has 0 spiro atoms. The van der Waals surface area contributed by atoms with Crippen molar-refractivity contribution in [2.24, 2.45) is 5.92 Å². The Morgan fingerprint density at radius 2 is 1.90 bits per heavy atom. The van der Waals surface area contributed by atoms with Crippen LogP contribution in [0.4, 0.5) is 4.39 Å². The summed E-state index contributed by atoms with van der Waals surface area (Å²) < 4.78 is 18.6. The van der Waals surface area contributed by atoms with Crippen molar-refractivity contribution in [3.63, 3.8) is 0 Å². The zero-order valence-electron chi connectivity index (χ0n) is 16.6. The smallest absolute Gasteiger partial charge is 0.237 e. The second kappa shape index (κ2) is 9.23. The standard InChI is InChI=1S/C22H23FN4O2/c1-14(2)21(28)25-13-19-22(29-3)26-17(12-24-19)11-15-7-9-16(10-8-15)18-5-4-6-20(23)27-18/h4-10,12,14H,11,13H2,1-3H3,(H,25,28). The van der Waals surface area contributed by atoms with E-state index in [9.17, 15) is 9.18 Å². The molecule has 0 unspecified atom stereocenters. The number of benzene rings is 1. The molecule has 1 aromatic carbocycles. The van der Waals surface area contributed by atoms with Crippen LogP contribution in [0.2, 0.25) is 0 Å². The van der Waals surface area contributed by atoms with Gasteiger partial charge in [-0.1, -0.05) is 44.2 Å². The van der Waals surface area contributed by atoms with Gasteiger partial charge in [0.05, 0.1) is 25.0 Å². The van der Waals surface area contributed by atoms with Gasteiger partial charge < -0.3 is 10.1 Å². The molecule has 0 aliphatic heterocycles. The van der Waals surface area contributed by atoms with Crippen LogP contribution in [0.5, 0.6) is 5.88 Å². The van der Waals surface area contributed by atoms with E-state index in [4.69, 9.17) is 4.74 Å². The molecule has 3 rings (SSSR count). The van der Waals surface area contributed by atoms with Gasteiger partial charge in [-0.05, 0) is 17.7 Å². The number of aromatic nitrogens is 3. The molecule has 6 nitrogen and oxygen atoms in total. The van der Waals surface area contributed by atoms with Crippen LogP contribution in [0.15, 0.2) is 48.7 Å². The number of ether oxygens (including phenoxy) is 1. The van der Waals surface area contributed by atoms with Gasteiger partial charge in [-0.3, -0.25) is 9.78 Å². The molecule has 0 radical (unpaired) electrons. The highest BCUT2D eigenvalue weighted by atomic mass is 19.1. The van der Waals surface area contributed by atoms with E-state index in [0.717, 1.165) is 16.8 Å². The van der Waals surface area contributed by atoms with E-state index in [1.165, 1.54) is 13.2 Å². The molecule has 0 saturated heterocycles. The Kier molecular flexibility index (Phi) is 6.49. The van der Waals surface area contributed by atoms with E-state index in [-0.39, 0.29) is 18.4 Å². The van der Waals surface area contributed by atoms with E-state index < -0.39 is 5.95 Å². The number of nitrogens with one attached hydrogen (secondary N) is 1. The van der Waals surface area contributed by atoms with Crippen molar-refractivity contribution in [3.8, 4) is 17.1 Å². The number of carbonyl (C=O) groups excluding carboxylic acids is 1. The van der Waals surface area contributed by atoms with Crippen molar-refractivity contribution in [1.82, 2.24) is 20.3 Å². The van der Waals surface area contributed by atoms with Gasteiger partial charge in [-0.25, -0.2) is 9.97 Å². The Labute approximate surface area is 169 Å². The molecular weight excluding hydrogens is 371 g/mol. The van der Waals surface area contributed by atoms with E-state index in [1.54, 1.807) is 18.3 Å². The van der Waals surface area contributed by atoms with E-state index >= 15 is 0 Å². The molecule has 3 aromatic rings. The second-order valence-electron chi connectivity index (χ2n) is 6.91. The third kappa shape index (κ3) is 5.34.